The van der Waals surface area contributed by atoms with E-state index in [-0.39, 0.29) is 29.5 Å². The Labute approximate surface area is 130 Å². The number of carboxylic acids is 1. The number of benzene rings is 1. The first-order valence-corrected chi connectivity index (χ1v) is 6.12. The highest BCUT2D eigenvalue weighted by atomic mass is 35.5. The Morgan fingerprint density at radius 2 is 2.09 bits per heavy atom. The summed E-state index contributed by atoms with van der Waals surface area (Å²) >= 11 is 0. The van der Waals surface area contributed by atoms with Gasteiger partial charge in [0.2, 0.25) is 5.95 Å². The predicted octanol–water partition coefficient (Wildman–Crippen LogP) is 2.55. The summed E-state index contributed by atoms with van der Waals surface area (Å²) in [7, 11) is 0. The molecular weight excluding hydrogens is 311 g/mol. The molecule has 6 nitrogen and oxygen atoms in total. The molecule has 0 aliphatic heterocycles. The van der Waals surface area contributed by atoms with Crippen molar-refractivity contribution in [1.82, 2.24) is 14.6 Å². The summed E-state index contributed by atoms with van der Waals surface area (Å²) in [6.07, 6.45) is 1.59. The van der Waals surface area contributed by atoms with E-state index in [2.05, 4.69) is 10.1 Å². The topological polar surface area (TPSA) is 93.5 Å². The fourth-order valence-electron chi connectivity index (χ4n) is 2.22. The molecule has 3 rings (SSSR count). The van der Waals surface area contributed by atoms with Gasteiger partial charge >= 0.3 is 5.97 Å². The van der Waals surface area contributed by atoms with Gasteiger partial charge in [-0.1, -0.05) is 12.1 Å². The fraction of sp³-hybridized carbons (Fsp3) is 0.0714. The van der Waals surface area contributed by atoms with Gasteiger partial charge in [-0.25, -0.2) is 13.7 Å². The molecule has 0 saturated heterocycles. The summed E-state index contributed by atoms with van der Waals surface area (Å²) in [4.78, 5) is 15.2. The molecule has 0 aliphatic rings. The quantitative estimate of drug-likeness (QED) is 0.756. The van der Waals surface area contributed by atoms with Crippen LogP contribution < -0.4 is 5.73 Å². The van der Waals surface area contributed by atoms with Crippen LogP contribution in [0.1, 0.15) is 15.9 Å². The summed E-state index contributed by atoms with van der Waals surface area (Å²) in [5, 5.41) is 13.0. The van der Waals surface area contributed by atoms with E-state index < -0.39 is 11.8 Å². The van der Waals surface area contributed by atoms with E-state index in [1.54, 1.807) is 37.4 Å². The zero-order chi connectivity index (χ0) is 15.1. The molecule has 3 N–H and O–H groups in total. The number of carbonyl (C=O) groups is 1. The first-order valence-electron chi connectivity index (χ1n) is 6.12. The van der Waals surface area contributed by atoms with Gasteiger partial charge in [-0.3, -0.25) is 0 Å². The predicted molar refractivity (Wildman–Crippen MR) is 81.7 cm³/mol. The van der Waals surface area contributed by atoms with Crippen molar-refractivity contribution in [2.75, 3.05) is 5.73 Å². The van der Waals surface area contributed by atoms with Crippen molar-refractivity contribution >= 4 is 30.0 Å². The van der Waals surface area contributed by atoms with Gasteiger partial charge in [0.25, 0.3) is 0 Å². The summed E-state index contributed by atoms with van der Waals surface area (Å²) in [5.74, 6) is -1.94. The largest absolute Gasteiger partial charge is 0.478 e. The molecule has 2 heterocycles. The number of pyridine rings is 1. The van der Waals surface area contributed by atoms with Crippen LogP contribution in [0.15, 0.2) is 30.5 Å². The number of nitrogens with zero attached hydrogens (tertiary/aromatic N) is 3. The molecule has 0 spiro atoms. The molecule has 0 saturated carbocycles. The van der Waals surface area contributed by atoms with E-state index in [0.29, 0.717) is 16.8 Å². The average molecular weight is 323 g/mol. The number of nitrogen functional groups attached to an aromatic ring is 1. The molecule has 22 heavy (non-hydrogen) atoms. The molecule has 0 atom stereocenters. The lowest BCUT2D eigenvalue weighted by molar-refractivity contribution is 0.0691. The number of fused-ring (bicyclic) bond motifs is 1. The minimum absolute atomic E-state index is 0. The van der Waals surface area contributed by atoms with Gasteiger partial charge in [0.15, 0.2) is 5.65 Å². The number of nitrogens with two attached hydrogens (primary N) is 1. The highest BCUT2D eigenvalue weighted by molar-refractivity contribution is 5.91. The maximum atomic E-state index is 14.4. The zero-order valence-electron chi connectivity index (χ0n) is 11.4. The molecule has 8 heteroatoms. The van der Waals surface area contributed by atoms with Gasteiger partial charge in [0, 0.05) is 11.8 Å². The third-order valence-corrected chi connectivity index (χ3v) is 3.23. The van der Waals surface area contributed by atoms with Crippen molar-refractivity contribution in [2.45, 2.75) is 6.92 Å². The first kappa shape index (κ1) is 15.7. The Bertz CT molecular complexity index is 879. The van der Waals surface area contributed by atoms with Crippen molar-refractivity contribution in [3.05, 3.63) is 47.4 Å². The summed E-state index contributed by atoms with van der Waals surface area (Å²) in [5.41, 5.74) is 6.71. The second-order valence-corrected chi connectivity index (χ2v) is 4.61. The van der Waals surface area contributed by atoms with Crippen LogP contribution >= 0.6 is 12.4 Å². The monoisotopic (exact) mass is 322 g/mol. The van der Waals surface area contributed by atoms with Crippen molar-refractivity contribution in [3.8, 4) is 11.1 Å². The number of aromatic nitrogens is 3. The number of rotatable bonds is 2. The third kappa shape index (κ3) is 2.46. The molecular formula is C14H12ClFN4O2. The Morgan fingerprint density at radius 1 is 1.36 bits per heavy atom. The smallest absolute Gasteiger partial charge is 0.338 e. The van der Waals surface area contributed by atoms with E-state index in [9.17, 15) is 9.18 Å². The number of hydrogen-bond donors (Lipinski definition) is 2. The van der Waals surface area contributed by atoms with Crippen molar-refractivity contribution < 1.29 is 14.3 Å². The van der Waals surface area contributed by atoms with Gasteiger partial charge < -0.3 is 10.8 Å². The first-order chi connectivity index (χ1) is 9.97. The van der Waals surface area contributed by atoms with Crippen molar-refractivity contribution in [3.63, 3.8) is 0 Å². The number of carboxylic acid groups (broad SMARTS) is 1. The fourth-order valence-corrected chi connectivity index (χ4v) is 2.22. The summed E-state index contributed by atoms with van der Waals surface area (Å²) in [6, 6.07) is 6.34. The molecule has 0 unspecified atom stereocenters. The molecule has 0 amide bonds. The van der Waals surface area contributed by atoms with E-state index in [1.165, 1.54) is 4.52 Å². The third-order valence-electron chi connectivity index (χ3n) is 3.23. The standard InChI is InChI=1S/C14H11FN4O2.ClH/c1-7-2-3-9(12(15)11(7)13(20)21)8-4-5-19-10(6-8)17-14(16)18-19;/h2-6H,1H3,(H2,16,18)(H,20,21);1H. The Hall–Kier alpha value is -2.67. The van der Waals surface area contributed by atoms with Crippen molar-refractivity contribution in [1.29, 1.82) is 0 Å². The van der Waals surface area contributed by atoms with E-state index in [1.807, 2.05) is 0 Å². The number of aromatic carboxylic acids is 1. The molecule has 0 bridgehead atoms. The number of aryl methyl sites for hydroxylation is 1. The van der Waals surface area contributed by atoms with E-state index >= 15 is 0 Å². The van der Waals surface area contributed by atoms with Crippen LogP contribution in [0.4, 0.5) is 10.3 Å². The number of anilines is 1. The molecule has 3 aromatic rings. The zero-order valence-corrected chi connectivity index (χ0v) is 12.3. The van der Waals surface area contributed by atoms with Crippen LogP contribution in [0.5, 0.6) is 0 Å². The van der Waals surface area contributed by atoms with Crippen LogP contribution in [-0.2, 0) is 0 Å². The summed E-state index contributed by atoms with van der Waals surface area (Å²) in [6.45, 7) is 1.55. The maximum absolute atomic E-state index is 14.4. The summed E-state index contributed by atoms with van der Waals surface area (Å²) < 4.78 is 15.9. The minimum Gasteiger partial charge on any atom is -0.478 e. The van der Waals surface area contributed by atoms with E-state index in [4.69, 9.17) is 10.8 Å². The molecule has 0 fully saturated rings. The minimum atomic E-state index is -1.29. The van der Waals surface area contributed by atoms with E-state index in [0.717, 1.165) is 0 Å². The lowest BCUT2D eigenvalue weighted by Crippen LogP contribution is -2.05. The Balaban J connectivity index is 0.00000176. The molecule has 0 aliphatic carbocycles. The number of hydrogen-bond acceptors (Lipinski definition) is 4. The van der Waals surface area contributed by atoms with Gasteiger partial charge in [-0.2, -0.15) is 4.98 Å². The average Bonchev–Trinajstić information content (AvgIpc) is 2.77. The van der Waals surface area contributed by atoms with Crippen LogP contribution in [0.25, 0.3) is 16.8 Å². The van der Waals surface area contributed by atoms with Gasteiger partial charge in [-0.05, 0) is 30.2 Å². The Morgan fingerprint density at radius 3 is 2.77 bits per heavy atom. The van der Waals surface area contributed by atoms with Crippen LogP contribution in [-0.4, -0.2) is 25.7 Å². The normalized spacial score (nSPS) is 10.5. The van der Waals surface area contributed by atoms with Gasteiger partial charge in [0.05, 0.1) is 5.56 Å². The molecule has 114 valence electrons. The highest BCUT2D eigenvalue weighted by Gasteiger charge is 2.18. The lowest BCUT2D eigenvalue weighted by Gasteiger charge is -2.08. The lowest BCUT2D eigenvalue weighted by atomic mass is 9.99. The Kier molecular flexibility index (Phi) is 4.01. The SMILES string of the molecule is Cc1ccc(-c2ccn3nc(N)nc3c2)c(F)c1C(=O)O.Cl. The maximum Gasteiger partial charge on any atom is 0.338 e. The second kappa shape index (κ2) is 5.61. The molecule has 1 aromatic carbocycles. The van der Waals surface area contributed by atoms with Crippen molar-refractivity contribution in [2.24, 2.45) is 0 Å². The number of halogens is 2. The molecule has 0 radical (unpaired) electrons. The molecule has 2 aromatic heterocycles. The van der Waals surface area contributed by atoms with Crippen LogP contribution in [0.3, 0.4) is 0 Å². The van der Waals surface area contributed by atoms with Crippen LogP contribution in [0.2, 0.25) is 0 Å². The second-order valence-electron chi connectivity index (χ2n) is 4.61. The van der Waals surface area contributed by atoms with Crippen LogP contribution in [0, 0.1) is 12.7 Å². The highest BCUT2D eigenvalue weighted by Crippen LogP contribution is 2.27. The van der Waals surface area contributed by atoms with Gasteiger partial charge in [-0.15, -0.1) is 17.5 Å². The van der Waals surface area contributed by atoms with Gasteiger partial charge in [0.1, 0.15) is 5.82 Å².